The summed E-state index contributed by atoms with van der Waals surface area (Å²) in [5, 5.41) is 3.66. The molecule has 5 nitrogen and oxygen atoms in total. The van der Waals surface area contributed by atoms with E-state index in [-0.39, 0.29) is 12.0 Å². The summed E-state index contributed by atoms with van der Waals surface area (Å²) in [5.74, 6) is -0.0165. The number of halogens is 1. The second-order valence-electron chi connectivity index (χ2n) is 9.90. The second kappa shape index (κ2) is 16.5. The third-order valence-corrected chi connectivity index (χ3v) is 7.95. The van der Waals surface area contributed by atoms with E-state index in [0.717, 1.165) is 64.3 Å². The van der Waals surface area contributed by atoms with Gasteiger partial charge >= 0.3 is 5.97 Å². The van der Waals surface area contributed by atoms with Crippen molar-refractivity contribution in [2.75, 3.05) is 19.1 Å². The Kier molecular flexibility index (Phi) is 13.1. The van der Waals surface area contributed by atoms with Gasteiger partial charge in [-0.05, 0) is 77.8 Å². The minimum absolute atomic E-state index is 0.0296. The van der Waals surface area contributed by atoms with Crippen LogP contribution < -0.4 is 5.32 Å². The van der Waals surface area contributed by atoms with E-state index in [1.807, 2.05) is 73.8 Å². The van der Waals surface area contributed by atoms with E-state index in [2.05, 4.69) is 18.3 Å². The fraction of sp³-hybridized carbons (Fsp3) is 0.394. The van der Waals surface area contributed by atoms with Gasteiger partial charge in [-0.1, -0.05) is 79.9 Å². The molecule has 0 saturated heterocycles. The first-order valence-electron chi connectivity index (χ1n) is 13.8. The van der Waals surface area contributed by atoms with E-state index in [9.17, 15) is 9.59 Å². The van der Waals surface area contributed by atoms with Gasteiger partial charge in [-0.2, -0.15) is 11.8 Å². The first kappa shape index (κ1) is 31.7. The average Bonchev–Trinajstić information content (AvgIpc) is 2.97. The summed E-state index contributed by atoms with van der Waals surface area (Å²) >= 11 is 8.06. The van der Waals surface area contributed by atoms with Crippen molar-refractivity contribution in [2.45, 2.75) is 64.7 Å². The molecule has 3 aromatic rings. The molecule has 7 heteroatoms. The van der Waals surface area contributed by atoms with E-state index in [1.165, 1.54) is 7.11 Å². The van der Waals surface area contributed by atoms with Crippen molar-refractivity contribution >= 4 is 35.2 Å². The van der Waals surface area contributed by atoms with Crippen molar-refractivity contribution in [3.8, 4) is 11.1 Å². The molecule has 3 aromatic carbocycles. The summed E-state index contributed by atoms with van der Waals surface area (Å²) in [5.41, 5.74) is 5.39. The number of hydrogen-bond donors (Lipinski definition) is 1. The van der Waals surface area contributed by atoms with Gasteiger partial charge in [-0.3, -0.25) is 4.79 Å². The zero-order chi connectivity index (χ0) is 28.9. The molecule has 0 aliphatic heterocycles. The number of nitrogens with one attached hydrogen (secondary N) is 1. The molecule has 0 bridgehead atoms. The number of carbonyl (C=O) groups excluding carboxylic acids is 2. The monoisotopic (exact) mass is 581 g/mol. The first-order valence-corrected chi connectivity index (χ1v) is 15.6. The molecular formula is C33H40ClNO4S. The third-order valence-electron chi connectivity index (χ3n) is 6.94. The first-order chi connectivity index (χ1) is 19.4. The molecule has 1 N–H and O–H groups in total. The number of aryl methyl sites for hydroxylation is 1. The van der Waals surface area contributed by atoms with Crippen LogP contribution >= 0.6 is 23.4 Å². The van der Waals surface area contributed by atoms with Crippen LogP contribution in [0.2, 0.25) is 5.02 Å². The van der Waals surface area contributed by atoms with Gasteiger partial charge in [-0.15, -0.1) is 0 Å². The predicted octanol–water partition coefficient (Wildman–Crippen LogP) is 7.66. The van der Waals surface area contributed by atoms with Crippen LogP contribution in [0.3, 0.4) is 0 Å². The highest BCUT2D eigenvalue weighted by atomic mass is 35.5. The highest BCUT2D eigenvalue weighted by molar-refractivity contribution is 7.98. The lowest BCUT2D eigenvalue weighted by Crippen LogP contribution is -2.42. The summed E-state index contributed by atoms with van der Waals surface area (Å²) in [7, 11) is 1.34. The Labute approximate surface area is 248 Å². The van der Waals surface area contributed by atoms with Gasteiger partial charge in [-0.25, -0.2) is 4.79 Å². The Balaban J connectivity index is 1.87. The molecule has 214 valence electrons. The van der Waals surface area contributed by atoms with Gasteiger partial charge in [0.2, 0.25) is 0 Å². The second-order valence-corrected chi connectivity index (χ2v) is 11.3. The molecule has 0 heterocycles. The molecule has 0 fully saturated rings. The lowest BCUT2D eigenvalue weighted by atomic mass is 9.93. The largest absolute Gasteiger partial charge is 0.467 e. The van der Waals surface area contributed by atoms with Gasteiger partial charge in [0.25, 0.3) is 5.91 Å². The van der Waals surface area contributed by atoms with Crippen LogP contribution in [0.25, 0.3) is 11.1 Å². The Morgan fingerprint density at radius 3 is 2.45 bits per heavy atom. The number of unbranched alkanes of at least 4 members (excludes halogenated alkanes) is 1. The minimum atomic E-state index is -0.707. The van der Waals surface area contributed by atoms with Gasteiger partial charge < -0.3 is 14.8 Å². The number of carbonyl (C=O) groups is 2. The number of amides is 1. The topological polar surface area (TPSA) is 64.6 Å². The van der Waals surface area contributed by atoms with Crippen molar-refractivity contribution in [2.24, 2.45) is 0 Å². The van der Waals surface area contributed by atoms with Crippen LogP contribution in [0, 0.1) is 6.92 Å². The van der Waals surface area contributed by atoms with E-state index in [4.69, 9.17) is 21.1 Å². The maximum absolute atomic E-state index is 13.5. The summed E-state index contributed by atoms with van der Waals surface area (Å²) in [6, 6.07) is 21.0. The summed E-state index contributed by atoms with van der Waals surface area (Å²) < 4.78 is 11.4. The van der Waals surface area contributed by atoms with Crippen LogP contribution in [-0.4, -0.2) is 43.1 Å². The molecule has 2 unspecified atom stereocenters. The zero-order valence-electron chi connectivity index (χ0n) is 23.9. The van der Waals surface area contributed by atoms with Crippen molar-refractivity contribution < 1.29 is 19.1 Å². The van der Waals surface area contributed by atoms with E-state index < -0.39 is 12.0 Å². The van der Waals surface area contributed by atoms with E-state index in [0.29, 0.717) is 18.6 Å². The molecule has 2 atom stereocenters. The Hall–Kier alpha value is -2.80. The number of ether oxygens (including phenoxy) is 2. The van der Waals surface area contributed by atoms with Gasteiger partial charge in [0.15, 0.2) is 0 Å². The SMILES string of the molecule is CCCCC(Cc1ccccc1Cl)OCc1ccc(C(=O)NC(CCSC)C(=O)OC)c(-c2ccccc2C)c1. The smallest absolute Gasteiger partial charge is 0.328 e. The lowest BCUT2D eigenvalue weighted by molar-refractivity contribution is -0.142. The third kappa shape index (κ3) is 9.12. The van der Waals surface area contributed by atoms with Crippen molar-refractivity contribution in [3.05, 3.63) is 94.0 Å². The standard InChI is InChI=1S/C33H40ClNO4S/c1-5-6-13-26(21-25-12-8-10-15-30(25)34)39-22-24-16-17-28(29(20-24)27-14-9-7-11-23(27)2)32(36)35-31(18-19-40-4)33(37)38-3/h7-12,14-17,20,26,31H,5-6,13,18-19,21-22H2,1-4H3,(H,35,36). The molecule has 0 aliphatic rings. The lowest BCUT2D eigenvalue weighted by Gasteiger charge is -2.20. The van der Waals surface area contributed by atoms with Crippen LogP contribution in [0.15, 0.2) is 66.7 Å². The van der Waals surface area contributed by atoms with E-state index in [1.54, 1.807) is 11.8 Å². The summed E-state index contributed by atoms with van der Waals surface area (Å²) in [6.45, 7) is 4.62. The van der Waals surface area contributed by atoms with Crippen molar-refractivity contribution in [1.82, 2.24) is 5.32 Å². The molecule has 0 spiro atoms. The Morgan fingerprint density at radius 2 is 1.75 bits per heavy atom. The number of thioether (sulfide) groups is 1. The highest BCUT2D eigenvalue weighted by Gasteiger charge is 2.24. The number of hydrogen-bond acceptors (Lipinski definition) is 5. The molecule has 0 radical (unpaired) electrons. The predicted molar refractivity (Wildman–Crippen MR) is 166 cm³/mol. The maximum atomic E-state index is 13.5. The molecule has 0 saturated carbocycles. The zero-order valence-corrected chi connectivity index (χ0v) is 25.4. The number of methoxy groups -OCH3 is 1. The van der Waals surface area contributed by atoms with Crippen molar-refractivity contribution in [3.63, 3.8) is 0 Å². The van der Waals surface area contributed by atoms with Crippen LogP contribution in [0.4, 0.5) is 0 Å². The molecule has 40 heavy (non-hydrogen) atoms. The fourth-order valence-corrected chi connectivity index (χ4v) is 5.32. The molecule has 3 rings (SSSR count). The van der Waals surface area contributed by atoms with Crippen molar-refractivity contribution in [1.29, 1.82) is 0 Å². The molecule has 0 aliphatic carbocycles. The fourth-order valence-electron chi connectivity index (χ4n) is 4.64. The Bertz CT molecular complexity index is 1260. The van der Waals surface area contributed by atoms with Crippen LogP contribution in [-0.2, 0) is 27.3 Å². The molecular weight excluding hydrogens is 542 g/mol. The number of rotatable bonds is 15. The molecule has 1 amide bonds. The van der Waals surface area contributed by atoms with Gasteiger partial charge in [0.05, 0.1) is 19.8 Å². The van der Waals surface area contributed by atoms with Gasteiger partial charge in [0.1, 0.15) is 6.04 Å². The normalized spacial score (nSPS) is 12.5. The highest BCUT2D eigenvalue weighted by Crippen LogP contribution is 2.29. The van der Waals surface area contributed by atoms with Crippen LogP contribution in [0.5, 0.6) is 0 Å². The maximum Gasteiger partial charge on any atom is 0.328 e. The quantitative estimate of drug-likeness (QED) is 0.187. The summed E-state index contributed by atoms with van der Waals surface area (Å²) in [6.07, 6.45) is 6.34. The van der Waals surface area contributed by atoms with E-state index >= 15 is 0 Å². The number of benzene rings is 3. The average molecular weight is 582 g/mol. The Morgan fingerprint density at radius 1 is 1.00 bits per heavy atom. The number of esters is 1. The van der Waals surface area contributed by atoms with Crippen LogP contribution in [0.1, 0.15) is 59.7 Å². The molecule has 0 aromatic heterocycles. The summed E-state index contributed by atoms with van der Waals surface area (Å²) in [4.78, 5) is 25.9. The minimum Gasteiger partial charge on any atom is -0.467 e. The van der Waals surface area contributed by atoms with Gasteiger partial charge in [0, 0.05) is 17.0 Å².